The molecule has 0 aliphatic heterocycles. The number of carbonyl (C=O) groups excluding carboxylic acids is 2. The zero-order valence-electron chi connectivity index (χ0n) is 13.3. The lowest BCUT2D eigenvalue weighted by Crippen LogP contribution is -2.35. The van der Waals surface area contributed by atoms with Crippen LogP contribution in [0, 0.1) is 18.3 Å². The molecule has 1 heterocycles. The number of amides is 1. The van der Waals surface area contributed by atoms with Gasteiger partial charge < -0.3 is 9.64 Å². The molecule has 0 bridgehead atoms. The number of hydrogen-bond acceptors (Lipinski definition) is 5. The quantitative estimate of drug-likeness (QED) is 0.763. The molecule has 0 unspecified atom stereocenters. The van der Waals surface area contributed by atoms with Gasteiger partial charge in [0.25, 0.3) is 5.91 Å². The van der Waals surface area contributed by atoms with Gasteiger partial charge in [0, 0.05) is 24.1 Å². The smallest absolute Gasteiger partial charge is 0.340 e. The summed E-state index contributed by atoms with van der Waals surface area (Å²) in [7, 11) is 0. The van der Waals surface area contributed by atoms with Gasteiger partial charge in [0.05, 0.1) is 18.1 Å². The second-order valence-electron chi connectivity index (χ2n) is 5.05. The van der Waals surface area contributed by atoms with Gasteiger partial charge in [0.1, 0.15) is 0 Å². The summed E-state index contributed by atoms with van der Waals surface area (Å²) in [6.45, 7) is 1.65. The molecule has 6 heteroatoms. The summed E-state index contributed by atoms with van der Waals surface area (Å²) in [5, 5.41) is 8.75. The van der Waals surface area contributed by atoms with Crippen LogP contribution in [0.3, 0.4) is 0 Å². The predicted octanol–water partition coefficient (Wildman–Crippen LogP) is 2.49. The van der Waals surface area contributed by atoms with E-state index in [9.17, 15) is 9.59 Å². The SMILES string of the molecule is Cc1ccc(C(=O)OCC(=O)N(CCC#N)c2ccccc2)cn1. The number of nitriles is 1. The summed E-state index contributed by atoms with van der Waals surface area (Å²) in [6.07, 6.45) is 1.60. The van der Waals surface area contributed by atoms with Crippen molar-refractivity contribution in [2.24, 2.45) is 0 Å². The maximum Gasteiger partial charge on any atom is 0.340 e. The molecule has 122 valence electrons. The number of rotatable bonds is 6. The van der Waals surface area contributed by atoms with Gasteiger partial charge in [-0.2, -0.15) is 5.26 Å². The monoisotopic (exact) mass is 323 g/mol. The van der Waals surface area contributed by atoms with Crippen LogP contribution in [0.2, 0.25) is 0 Å². The topological polar surface area (TPSA) is 83.3 Å². The Morgan fingerprint density at radius 2 is 1.96 bits per heavy atom. The molecule has 0 spiro atoms. The summed E-state index contributed by atoms with van der Waals surface area (Å²) in [5.41, 5.74) is 1.73. The lowest BCUT2D eigenvalue weighted by atomic mass is 10.2. The molecule has 0 saturated heterocycles. The fourth-order valence-corrected chi connectivity index (χ4v) is 2.04. The Labute approximate surface area is 140 Å². The zero-order chi connectivity index (χ0) is 17.4. The first-order valence-corrected chi connectivity index (χ1v) is 7.44. The van der Waals surface area contributed by atoms with Crippen molar-refractivity contribution in [1.29, 1.82) is 5.26 Å². The normalized spacial score (nSPS) is 9.83. The largest absolute Gasteiger partial charge is 0.452 e. The molecule has 0 radical (unpaired) electrons. The number of ether oxygens (including phenoxy) is 1. The van der Waals surface area contributed by atoms with Crippen LogP contribution < -0.4 is 4.90 Å². The summed E-state index contributed by atoms with van der Waals surface area (Å²) >= 11 is 0. The Morgan fingerprint density at radius 3 is 2.58 bits per heavy atom. The average Bonchev–Trinajstić information content (AvgIpc) is 2.61. The standard InChI is InChI=1S/C18H17N3O3/c1-14-8-9-15(12-20-14)18(23)24-13-17(22)21(11-5-10-19)16-6-3-2-4-7-16/h2-4,6-9,12H,5,11,13H2,1H3. The van der Waals surface area contributed by atoms with Crippen LogP contribution in [-0.4, -0.2) is 30.0 Å². The lowest BCUT2D eigenvalue weighted by Gasteiger charge is -2.21. The number of benzene rings is 1. The number of para-hydroxylation sites is 1. The Morgan fingerprint density at radius 1 is 1.21 bits per heavy atom. The third-order valence-corrected chi connectivity index (χ3v) is 3.29. The van der Waals surface area contributed by atoms with E-state index in [1.54, 1.807) is 36.4 Å². The van der Waals surface area contributed by atoms with Crippen molar-refractivity contribution in [1.82, 2.24) is 4.98 Å². The van der Waals surface area contributed by atoms with Crippen LogP contribution in [0.4, 0.5) is 5.69 Å². The maximum absolute atomic E-state index is 12.4. The van der Waals surface area contributed by atoms with Gasteiger partial charge in [-0.1, -0.05) is 18.2 Å². The van der Waals surface area contributed by atoms with Crippen LogP contribution in [0.1, 0.15) is 22.5 Å². The Kier molecular flexibility index (Phi) is 6.03. The van der Waals surface area contributed by atoms with Crippen molar-refractivity contribution in [3.05, 3.63) is 59.9 Å². The van der Waals surface area contributed by atoms with Gasteiger partial charge in [-0.05, 0) is 31.2 Å². The minimum Gasteiger partial charge on any atom is -0.452 e. The van der Waals surface area contributed by atoms with E-state index in [1.807, 2.05) is 19.1 Å². The molecule has 1 aromatic heterocycles. The molecule has 0 aliphatic carbocycles. The molecule has 1 aromatic carbocycles. The van der Waals surface area contributed by atoms with Gasteiger partial charge >= 0.3 is 5.97 Å². The Hall–Kier alpha value is -3.20. The second-order valence-corrected chi connectivity index (χ2v) is 5.05. The molecular formula is C18H17N3O3. The molecule has 0 saturated carbocycles. The van der Waals surface area contributed by atoms with Crippen LogP contribution in [-0.2, 0) is 9.53 Å². The fourth-order valence-electron chi connectivity index (χ4n) is 2.04. The highest BCUT2D eigenvalue weighted by Gasteiger charge is 2.18. The highest BCUT2D eigenvalue weighted by atomic mass is 16.5. The van der Waals surface area contributed by atoms with Crippen LogP contribution in [0.25, 0.3) is 0 Å². The number of esters is 1. The van der Waals surface area contributed by atoms with Gasteiger partial charge in [0.2, 0.25) is 0 Å². The number of carbonyl (C=O) groups is 2. The van der Waals surface area contributed by atoms with E-state index in [0.717, 1.165) is 5.69 Å². The number of aryl methyl sites for hydroxylation is 1. The summed E-state index contributed by atoms with van der Waals surface area (Å²) < 4.78 is 5.06. The van der Waals surface area contributed by atoms with E-state index in [2.05, 4.69) is 4.98 Å². The number of aromatic nitrogens is 1. The van der Waals surface area contributed by atoms with Crippen LogP contribution in [0.5, 0.6) is 0 Å². The van der Waals surface area contributed by atoms with Crippen LogP contribution in [0.15, 0.2) is 48.7 Å². The Bertz CT molecular complexity index is 736. The summed E-state index contributed by atoms with van der Waals surface area (Å²) in [4.78, 5) is 29.8. The first-order chi connectivity index (χ1) is 11.6. The minimum atomic E-state index is -0.607. The highest BCUT2D eigenvalue weighted by Crippen LogP contribution is 2.14. The van der Waals surface area contributed by atoms with Crippen molar-refractivity contribution in [2.75, 3.05) is 18.1 Å². The fraction of sp³-hybridized carbons (Fsp3) is 0.222. The van der Waals surface area contributed by atoms with E-state index in [0.29, 0.717) is 5.69 Å². The summed E-state index contributed by atoms with van der Waals surface area (Å²) in [6, 6.07) is 14.3. The number of hydrogen-bond donors (Lipinski definition) is 0. The van der Waals surface area contributed by atoms with Gasteiger partial charge in [-0.3, -0.25) is 9.78 Å². The molecule has 2 aromatic rings. The lowest BCUT2D eigenvalue weighted by molar-refractivity contribution is -0.121. The van der Waals surface area contributed by atoms with Crippen molar-refractivity contribution in [2.45, 2.75) is 13.3 Å². The van der Waals surface area contributed by atoms with Gasteiger partial charge in [0.15, 0.2) is 6.61 Å². The molecule has 0 atom stereocenters. The highest BCUT2D eigenvalue weighted by molar-refractivity contribution is 5.97. The van der Waals surface area contributed by atoms with Crippen molar-refractivity contribution >= 4 is 17.6 Å². The van der Waals surface area contributed by atoms with Gasteiger partial charge in [-0.25, -0.2) is 4.79 Å². The predicted molar refractivity (Wildman–Crippen MR) is 88.3 cm³/mol. The zero-order valence-corrected chi connectivity index (χ0v) is 13.3. The molecule has 2 rings (SSSR count). The third-order valence-electron chi connectivity index (χ3n) is 3.29. The number of nitrogens with zero attached hydrogens (tertiary/aromatic N) is 3. The Balaban J connectivity index is 2.01. The molecule has 24 heavy (non-hydrogen) atoms. The molecule has 0 fully saturated rings. The van der Waals surface area contributed by atoms with E-state index in [4.69, 9.17) is 10.00 Å². The molecule has 0 N–H and O–H groups in total. The van der Waals surface area contributed by atoms with E-state index >= 15 is 0 Å². The van der Waals surface area contributed by atoms with Gasteiger partial charge in [-0.15, -0.1) is 0 Å². The van der Waals surface area contributed by atoms with Crippen molar-refractivity contribution in [3.8, 4) is 6.07 Å². The van der Waals surface area contributed by atoms with E-state index in [1.165, 1.54) is 11.1 Å². The summed E-state index contributed by atoms with van der Waals surface area (Å²) in [5.74, 6) is -0.992. The first-order valence-electron chi connectivity index (χ1n) is 7.44. The van der Waals surface area contributed by atoms with Crippen molar-refractivity contribution in [3.63, 3.8) is 0 Å². The molecule has 1 amide bonds. The van der Waals surface area contributed by atoms with Crippen molar-refractivity contribution < 1.29 is 14.3 Å². The van der Waals surface area contributed by atoms with E-state index in [-0.39, 0.29) is 24.4 Å². The first kappa shape index (κ1) is 17.2. The maximum atomic E-state index is 12.4. The number of anilines is 1. The van der Waals surface area contributed by atoms with E-state index < -0.39 is 12.6 Å². The molecule has 6 nitrogen and oxygen atoms in total. The minimum absolute atomic E-state index is 0.191. The molecule has 0 aliphatic rings. The second kappa shape index (κ2) is 8.44. The molecular weight excluding hydrogens is 306 g/mol. The number of pyridine rings is 1. The third kappa shape index (κ3) is 4.65. The van der Waals surface area contributed by atoms with Crippen LogP contribution >= 0.6 is 0 Å². The average molecular weight is 323 g/mol.